The van der Waals surface area contributed by atoms with Crippen molar-refractivity contribution in [2.24, 2.45) is 16.6 Å². The third-order valence-electron chi connectivity index (χ3n) is 2.73. The van der Waals surface area contributed by atoms with Crippen LogP contribution in [0.2, 0.25) is 0 Å². The van der Waals surface area contributed by atoms with Crippen LogP contribution in [0.5, 0.6) is 5.75 Å². The molecule has 0 bridgehead atoms. The highest BCUT2D eigenvalue weighted by Gasteiger charge is 2.32. The van der Waals surface area contributed by atoms with Crippen molar-refractivity contribution in [3.63, 3.8) is 0 Å². The number of anilines is 1. The van der Waals surface area contributed by atoms with Gasteiger partial charge in [0, 0.05) is 5.69 Å². The van der Waals surface area contributed by atoms with Gasteiger partial charge < -0.3 is 15.8 Å². The predicted molar refractivity (Wildman–Crippen MR) is 65.8 cm³/mol. The largest absolute Gasteiger partial charge is 0.497 e. The van der Waals surface area contributed by atoms with Crippen LogP contribution in [0.3, 0.4) is 0 Å². The smallest absolute Gasteiger partial charge is 0.193 e. The van der Waals surface area contributed by atoms with Crippen molar-refractivity contribution in [2.75, 3.05) is 12.4 Å². The third-order valence-corrected chi connectivity index (χ3v) is 2.73. The van der Waals surface area contributed by atoms with Gasteiger partial charge >= 0.3 is 0 Å². The average molecular weight is 219 g/mol. The summed E-state index contributed by atoms with van der Waals surface area (Å²) in [6.45, 7) is 2.18. The maximum absolute atomic E-state index is 5.79. The van der Waals surface area contributed by atoms with E-state index in [4.69, 9.17) is 10.5 Å². The summed E-state index contributed by atoms with van der Waals surface area (Å²) < 4.78 is 5.07. The van der Waals surface area contributed by atoms with Gasteiger partial charge in [-0.3, -0.25) is 0 Å². The minimum Gasteiger partial charge on any atom is -0.497 e. The van der Waals surface area contributed by atoms with E-state index in [9.17, 15) is 0 Å². The van der Waals surface area contributed by atoms with Crippen LogP contribution in [0, 0.1) is 5.92 Å². The molecule has 2 atom stereocenters. The molecule has 0 spiro atoms. The Morgan fingerprint density at radius 1 is 1.44 bits per heavy atom. The quantitative estimate of drug-likeness (QED) is 0.602. The van der Waals surface area contributed by atoms with Gasteiger partial charge in [0.15, 0.2) is 5.96 Å². The van der Waals surface area contributed by atoms with Gasteiger partial charge in [0.05, 0.1) is 13.2 Å². The number of nitrogens with two attached hydrogens (primary N) is 1. The van der Waals surface area contributed by atoms with Gasteiger partial charge in [-0.1, -0.05) is 6.92 Å². The molecule has 3 N–H and O–H groups in total. The summed E-state index contributed by atoms with van der Waals surface area (Å²) in [5.41, 5.74) is 6.71. The van der Waals surface area contributed by atoms with Gasteiger partial charge in [0.1, 0.15) is 5.75 Å². The van der Waals surface area contributed by atoms with Crippen LogP contribution in [-0.4, -0.2) is 19.1 Å². The van der Waals surface area contributed by atoms with E-state index in [1.54, 1.807) is 7.11 Å². The lowest BCUT2D eigenvalue weighted by atomic mass is 10.3. The van der Waals surface area contributed by atoms with Crippen molar-refractivity contribution >= 4 is 11.6 Å². The van der Waals surface area contributed by atoms with E-state index >= 15 is 0 Å². The fraction of sp³-hybridized carbons (Fsp3) is 0.417. The Hall–Kier alpha value is -1.71. The molecule has 1 fully saturated rings. The van der Waals surface area contributed by atoms with E-state index in [-0.39, 0.29) is 0 Å². The summed E-state index contributed by atoms with van der Waals surface area (Å²) >= 11 is 0. The first-order valence-electron chi connectivity index (χ1n) is 5.43. The van der Waals surface area contributed by atoms with Gasteiger partial charge in [-0.25, -0.2) is 4.99 Å². The molecule has 1 aromatic carbocycles. The first kappa shape index (κ1) is 10.8. The van der Waals surface area contributed by atoms with E-state index in [1.807, 2.05) is 24.3 Å². The third kappa shape index (κ3) is 2.66. The number of rotatable bonds is 3. The van der Waals surface area contributed by atoms with Crippen molar-refractivity contribution in [3.05, 3.63) is 24.3 Å². The number of benzene rings is 1. The zero-order valence-electron chi connectivity index (χ0n) is 9.60. The summed E-state index contributed by atoms with van der Waals surface area (Å²) in [6.07, 6.45) is 1.14. The Morgan fingerprint density at radius 2 is 2.06 bits per heavy atom. The summed E-state index contributed by atoms with van der Waals surface area (Å²) in [5.74, 6) is 1.99. The maximum Gasteiger partial charge on any atom is 0.193 e. The number of hydrogen-bond donors (Lipinski definition) is 2. The maximum atomic E-state index is 5.79. The summed E-state index contributed by atoms with van der Waals surface area (Å²) in [7, 11) is 1.65. The van der Waals surface area contributed by atoms with Gasteiger partial charge in [0.25, 0.3) is 0 Å². The Labute approximate surface area is 95.5 Å². The number of guanidine groups is 1. The molecule has 0 saturated heterocycles. The zero-order valence-corrected chi connectivity index (χ0v) is 9.60. The molecule has 0 aliphatic heterocycles. The normalized spacial score (nSPS) is 24.0. The number of nitrogens with one attached hydrogen (secondary N) is 1. The molecule has 4 nitrogen and oxygen atoms in total. The van der Waals surface area contributed by atoms with Gasteiger partial charge in [0.2, 0.25) is 0 Å². The number of hydrogen-bond acceptors (Lipinski definition) is 2. The summed E-state index contributed by atoms with van der Waals surface area (Å²) in [5, 5.41) is 3.06. The molecular weight excluding hydrogens is 202 g/mol. The Morgan fingerprint density at radius 3 is 2.56 bits per heavy atom. The van der Waals surface area contributed by atoms with E-state index in [0.717, 1.165) is 17.9 Å². The number of nitrogens with zero attached hydrogens (tertiary/aromatic N) is 1. The Bertz CT molecular complexity index is 386. The molecule has 16 heavy (non-hydrogen) atoms. The van der Waals surface area contributed by atoms with Crippen LogP contribution in [0.15, 0.2) is 29.3 Å². The van der Waals surface area contributed by atoms with Gasteiger partial charge in [-0.05, 0) is 36.6 Å². The lowest BCUT2D eigenvalue weighted by molar-refractivity contribution is 0.415. The average Bonchev–Trinajstić information content (AvgIpc) is 2.95. The Kier molecular flexibility index (Phi) is 2.99. The molecule has 1 aromatic rings. The number of ether oxygens (including phenoxy) is 1. The SMILES string of the molecule is COc1ccc(NC(N)=NC2CC2C)cc1. The zero-order chi connectivity index (χ0) is 11.5. The van der Waals surface area contributed by atoms with E-state index in [2.05, 4.69) is 17.2 Å². The van der Waals surface area contributed by atoms with Crippen molar-refractivity contribution in [2.45, 2.75) is 19.4 Å². The highest BCUT2D eigenvalue weighted by molar-refractivity contribution is 5.92. The molecule has 1 aliphatic rings. The van der Waals surface area contributed by atoms with Crippen molar-refractivity contribution in [1.29, 1.82) is 0 Å². The van der Waals surface area contributed by atoms with Gasteiger partial charge in [-0.15, -0.1) is 0 Å². The monoisotopic (exact) mass is 219 g/mol. The summed E-state index contributed by atoms with van der Waals surface area (Å²) in [4.78, 5) is 4.36. The number of aliphatic imine (C=N–C) groups is 1. The predicted octanol–water partition coefficient (Wildman–Crippen LogP) is 1.83. The van der Waals surface area contributed by atoms with E-state index in [1.165, 1.54) is 0 Å². The van der Waals surface area contributed by atoms with Crippen molar-refractivity contribution < 1.29 is 4.74 Å². The van der Waals surface area contributed by atoms with Crippen LogP contribution in [-0.2, 0) is 0 Å². The molecule has 1 aliphatic carbocycles. The summed E-state index contributed by atoms with van der Waals surface area (Å²) in [6, 6.07) is 8.01. The molecule has 0 heterocycles. The van der Waals surface area contributed by atoms with Crippen LogP contribution in [0.25, 0.3) is 0 Å². The first-order valence-corrected chi connectivity index (χ1v) is 5.43. The lowest BCUT2D eigenvalue weighted by Crippen LogP contribution is -2.23. The first-order chi connectivity index (χ1) is 7.69. The topological polar surface area (TPSA) is 59.6 Å². The molecule has 2 unspecified atom stereocenters. The second kappa shape index (κ2) is 4.43. The molecule has 0 radical (unpaired) electrons. The molecule has 2 rings (SSSR count). The van der Waals surface area contributed by atoms with Crippen LogP contribution < -0.4 is 15.8 Å². The van der Waals surface area contributed by atoms with Crippen LogP contribution >= 0.6 is 0 Å². The highest BCUT2D eigenvalue weighted by atomic mass is 16.5. The molecule has 0 amide bonds. The molecule has 4 heteroatoms. The Balaban J connectivity index is 1.95. The van der Waals surface area contributed by atoms with E-state index in [0.29, 0.717) is 17.9 Å². The van der Waals surface area contributed by atoms with Crippen LogP contribution in [0.4, 0.5) is 5.69 Å². The molecule has 0 aromatic heterocycles. The fourth-order valence-electron chi connectivity index (χ4n) is 1.52. The minimum absolute atomic E-state index is 0.408. The van der Waals surface area contributed by atoms with Gasteiger partial charge in [-0.2, -0.15) is 0 Å². The fourth-order valence-corrected chi connectivity index (χ4v) is 1.52. The second-order valence-electron chi connectivity index (χ2n) is 4.15. The standard InChI is InChI=1S/C12H17N3O/c1-8-7-11(8)15-12(13)14-9-3-5-10(16-2)6-4-9/h3-6,8,11H,7H2,1-2H3,(H3,13,14,15). The molecule has 86 valence electrons. The van der Waals surface area contributed by atoms with Crippen molar-refractivity contribution in [1.82, 2.24) is 0 Å². The molecular formula is C12H17N3O. The number of methoxy groups -OCH3 is 1. The highest BCUT2D eigenvalue weighted by Crippen LogP contribution is 2.32. The van der Waals surface area contributed by atoms with Crippen molar-refractivity contribution in [3.8, 4) is 5.75 Å². The van der Waals surface area contributed by atoms with E-state index < -0.39 is 0 Å². The lowest BCUT2D eigenvalue weighted by Gasteiger charge is -2.06. The molecule has 1 saturated carbocycles. The second-order valence-corrected chi connectivity index (χ2v) is 4.15. The van der Waals surface area contributed by atoms with Crippen LogP contribution in [0.1, 0.15) is 13.3 Å². The minimum atomic E-state index is 0.408.